The van der Waals surface area contributed by atoms with Crippen molar-refractivity contribution in [3.8, 4) is 0 Å². The van der Waals surface area contributed by atoms with Crippen LogP contribution in [0.15, 0.2) is 42.6 Å². The summed E-state index contributed by atoms with van der Waals surface area (Å²) in [4.78, 5) is 4.18. The maximum atomic E-state index is 4.18. The molecule has 1 nitrogen and oxygen atoms in total. The number of aromatic nitrogens is 1. The van der Waals surface area contributed by atoms with Crippen LogP contribution in [-0.4, -0.2) is 53.9 Å². The van der Waals surface area contributed by atoms with Crippen molar-refractivity contribution in [2.45, 2.75) is 0 Å². The predicted octanol–water partition coefficient (Wildman–Crippen LogP) is 1.32. The van der Waals surface area contributed by atoms with Crippen molar-refractivity contribution in [1.82, 2.24) is 4.98 Å². The Kier molecular flexibility index (Phi) is 3.62. The van der Waals surface area contributed by atoms with Gasteiger partial charge in [-0.2, -0.15) is 0 Å². The SMILES string of the molecule is [BaH2].c1ccc2ncccc2c1. The Morgan fingerprint density at radius 2 is 1.64 bits per heavy atom. The Morgan fingerprint density at radius 1 is 0.909 bits per heavy atom. The molecule has 1 heterocycles. The summed E-state index contributed by atoms with van der Waals surface area (Å²) in [5, 5.41) is 1.20. The first-order valence-electron chi connectivity index (χ1n) is 3.26. The van der Waals surface area contributed by atoms with Gasteiger partial charge >= 0.3 is 48.9 Å². The fraction of sp³-hybridized carbons (Fsp3) is 0. The van der Waals surface area contributed by atoms with Gasteiger partial charge in [-0.1, -0.05) is 24.3 Å². The van der Waals surface area contributed by atoms with Gasteiger partial charge < -0.3 is 0 Å². The second-order valence-corrected chi connectivity index (χ2v) is 2.20. The molecule has 0 aliphatic carbocycles. The van der Waals surface area contributed by atoms with Crippen LogP contribution in [0.5, 0.6) is 0 Å². The summed E-state index contributed by atoms with van der Waals surface area (Å²) in [6, 6.07) is 12.1. The molecule has 1 aromatic carbocycles. The van der Waals surface area contributed by atoms with Gasteiger partial charge in [0, 0.05) is 11.6 Å². The molecule has 2 aromatic rings. The second-order valence-electron chi connectivity index (χ2n) is 2.20. The maximum absolute atomic E-state index is 4.18. The Balaban J connectivity index is 0.000000605. The molecule has 0 spiro atoms. The smallest absolute Gasteiger partial charge is 0.0701 e. The summed E-state index contributed by atoms with van der Waals surface area (Å²) < 4.78 is 0. The first-order chi connectivity index (χ1) is 4.97. The molecule has 0 aliphatic rings. The third kappa shape index (κ3) is 2.07. The minimum Gasteiger partial charge on any atom is -0.256 e. The van der Waals surface area contributed by atoms with Crippen molar-refractivity contribution in [2.75, 3.05) is 0 Å². The predicted molar refractivity (Wildman–Crippen MR) is 50.3 cm³/mol. The number of fused-ring (bicyclic) bond motifs is 1. The van der Waals surface area contributed by atoms with Crippen molar-refractivity contribution in [3.05, 3.63) is 42.6 Å². The molecule has 2 rings (SSSR count). The first-order valence-corrected chi connectivity index (χ1v) is 3.26. The van der Waals surface area contributed by atoms with E-state index in [-0.39, 0.29) is 48.9 Å². The van der Waals surface area contributed by atoms with E-state index in [2.05, 4.69) is 17.1 Å². The molecule has 1 aromatic heterocycles. The molecule has 0 unspecified atom stereocenters. The van der Waals surface area contributed by atoms with E-state index in [1.54, 1.807) is 0 Å². The number of nitrogens with zero attached hydrogens (tertiary/aromatic N) is 1. The molecule has 11 heavy (non-hydrogen) atoms. The van der Waals surface area contributed by atoms with Crippen LogP contribution in [0.2, 0.25) is 0 Å². The topological polar surface area (TPSA) is 12.9 Å². The monoisotopic (exact) mass is 269 g/mol. The van der Waals surface area contributed by atoms with Crippen LogP contribution in [0.3, 0.4) is 0 Å². The number of hydrogen-bond donors (Lipinski definition) is 0. The minimum atomic E-state index is 0. The van der Waals surface area contributed by atoms with Gasteiger partial charge in [0.05, 0.1) is 5.52 Å². The molecular formula is C9H9BaN. The van der Waals surface area contributed by atoms with Gasteiger partial charge in [0.15, 0.2) is 0 Å². The van der Waals surface area contributed by atoms with Gasteiger partial charge in [0.25, 0.3) is 0 Å². The van der Waals surface area contributed by atoms with Crippen LogP contribution >= 0.6 is 0 Å². The Morgan fingerprint density at radius 3 is 2.45 bits per heavy atom. The largest absolute Gasteiger partial charge is 0.256 e. The molecule has 0 fully saturated rings. The fourth-order valence-electron chi connectivity index (χ4n) is 1.02. The molecule has 0 N–H and O–H groups in total. The molecular weight excluding hydrogens is 259 g/mol. The zero-order valence-corrected chi connectivity index (χ0v) is 5.49. The van der Waals surface area contributed by atoms with Crippen LogP contribution in [-0.2, 0) is 0 Å². The molecule has 0 saturated carbocycles. The van der Waals surface area contributed by atoms with E-state index >= 15 is 0 Å². The molecule has 2 heteroatoms. The van der Waals surface area contributed by atoms with E-state index in [4.69, 9.17) is 0 Å². The summed E-state index contributed by atoms with van der Waals surface area (Å²) in [6.45, 7) is 0. The van der Waals surface area contributed by atoms with E-state index in [1.807, 2.05) is 30.5 Å². The second kappa shape index (κ2) is 4.28. The summed E-state index contributed by atoms with van der Waals surface area (Å²) in [5.41, 5.74) is 1.06. The van der Waals surface area contributed by atoms with Gasteiger partial charge in [0.2, 0.25) is 0 Å². The first kappa shape index (κ1) is 9.29. The average Bonchev–Trinajstić information content (AvgIpc) is 2.05. The number of hydrogen-bond acceptors (Lipinski definition) is 1. The summed E-state index contributed by atoms with van der Waals surface area (Å²) in [7, 11) is 0. The third-order valence-corrected chi connectivity index (χ3v) is 1.51. The molecule has 52 valence electrons. The maximum Gasteiger partial charge on any atom is 0.0701 e. The Labute approximate surface area is 106 Å². The number of pyridine rings is 1. The van der Waals surface area contributed by atoms with Crippen molar-refractivity contribution >= 4 is 59.8 Å². The number of benzene rings is 1. The zero-order chi connectivity index (χ0) is 6.81. The number of rotatable bonds is 0. The van der Waals surface area contributed by atoms with Crippen molar-refractivity contribution in [2.24, 2.45) is 0 Å². The van der Waals surface area contributed by atoms with Crippen molar-refractivity contribution in [1.29, 1.82) is 0 Å². The Hall–Kier alpha value is 0.201. The molecule has 0 saturated heterocycles. The molecule has 0 radical (unpaired) electrons. The van der Waals surface area contributed by atoms with Gasteiger partial charge in [-0.3, -0.25) is 4.98 Å². The molecule has 0 amide bonds. The molecule has 0 atom stereocenters. The minimum absolute atomic E-state index is 0. The standard InChI is InChI=1S/C9H7N.Ba.2H/c1-2-6-9-8(4-1)5-3-7-10-9;;;/h1-7H;;;. The van der Waals surface area contributed by atoms with E-state index in [0.29, 0.717) is 0 Å². The summed E-state index contributed by atoms with van der Waals surface area (Å²) in [6.07, 6.45) is 1.81. The van der Waals surface area contributed by atoms with Crippen LogP contribution in [0.1, 0.15) is 0 Å². The third-order valence-electron chi connectivity index (χ3n) is 1.51. The Bertz CT molecular complexity index is 281. The average molecular weight is 269 g/mol. The molecule has 0 aliphatic heterocycles. The van der Waals surface area contributed by atoms with Crippen LogP contribution < -0.4 is 0 Å². The summed E-state index contributed by atoms with van der Waals surface area (Å²) >= 11 is 0. The van der Waals surface area contributed by atoms with Crippen LogP contribution in [0.25, 0.3) is 10.9 Å². The van der Waals surface area contributed by atoms with E-state index in [1.165, 1.54) is 5.39 Å². The van der Waals surface area contributed by atoms with Crippen molar-refractivity contribution in [3.63, 3.8) is 0 Å². The summed E-state index contributed by atoms with van der Waals surface area (Å²) in [5.74, 6) is 0. The van der Waals surface area contributed by atoms with Crippen LogP contribution in [0, 0.1) is 0 Å². The number of para-hydroxylation sites is 1. The van der Waals surface area contributed by atoms with Crippen molar-refractivity contribution < 1.29 is 0 Å². The van der Waals surface area contributed by atoms with Gasteiger partial charge in [-0.25, -0.2) is 0 Å². The fourth-order valence-corrected chi connectivity index (χ4v) is 1.02. The normalized spacial score (nSPS) is 9.09. The zero-order valence-electron chi connectivity index (χ0n) is 5.49. The van der Waals surface area contributed by atoms with Gasteiger partial charge in [0.1, 0.15) is 0 Å². The van der Waals surface area contributed by atoms with E-state index in [0.717, 1.165) is 5.52 Å². The van der Waals surface area contributed by atoms with Crippen LogP contribution in [0.4, 0.5) is 0 Å². The van der Waals surface area contributed by atoms with E-state index in [9.17, 15) is 0 Å². The van der Waals surface area contributed by atoms with E-state index < -0.39 is 0 Å². The molecule has 0 bridgehead atoms. The van der Waals surface area contributed by atoms with Gasteiger partial charge in [-0.05, 0) is 12.1 Å². The quantitative estimate of drug-likeness (QED) is 0.657. The van der Waals surface area contributed by atoms with Gasteiger partial charge in [-0.15, -0.1) is 0 Å².